The van der Waals surface area contributed by atoms with Crippen molar-refractivity contribution in [2.24, 2.45) is 5.92 Å². The van der Waals surface area contributed by atoms with Crippen LogP contribution in [0.4, 0.5) is 13.2 Å². The SMILES string of the molecule is O[C@@H](c1c(C(F)(F)F)ccc2cncn12)C1CCCCC1. The van der Waals surface area contributed by atoms with Crippen LogP contribution in [0, 0.1) is 5.92 Å². The molecule has 1 saturated carbocycles. The predicted molar refractivity (Wildman–Crippen MR) is 71.7 cm³/mol. The lowest BCUT2D eigenvalue weighted by Crippen LogP contribution is -2.22. The molecule has 3 rings (SSSR count). The first-order valence-corrected chi connectivity index (χ1v) is 7.18. The molecule has 1 fully saturated rings. The number of imidazole rings is 1. The second kappa shape index (κ2) is 5.33. The lowest BCUT2D eigenvalue weighted by molar-refractivity contribution is -0.140. The number of aliphatic hydroxyl groups excluding tert-OH is 1. The lowest BCUT2D eigenvalue weighted by Gasteiger charge is -2.29. The topological polar surface area (TPSA) is 37.5 Å². The minimum Gasteiger partial charge on any atom is -0.387 e. The van der Waals surface area contributed by atoms with Crippen LogP contribution in [0.2, 0.25) is 0 Å². The van der Waals surface area contributed by atoms with Crippen molar-refractivity contribution in [2.75, 3.05) is 0 Å². The zero-order valence-electron chi connectivity index (χ0n) is 11.5. The Kier molecular flexibility index (Phi) is 3.65. The Bertz CT molecular complexity index is 629. The predicted octanol–water partition coefficient (Wildman–Crippen LogP) is 3.97. The first-order valence-electron chi connectivity index (χ1n) is 7.18. The summed E-state index contributed by atoms with van der Waals surface area (Å²) in [5, 5.41) is 10.6. The molecule has 0 aliphatic heterocycles. The molecule has 2 aromatic rings. The molecule has 2 heterocycles. The summed E-state index contributed by atoms with van der Waals surface area (Å²) in [5.74, 6) is -0.118. The van der Waals surface area contributed by atoms with Crippen molar-refractivity contribution >= 4 is 5.52 Å². The van der Waals surface area contributed by atoms with Crippen molar-refractivity contribution in [1.29, 1.82) is 0 Å². The average molecular weight is 298 g/mol. The van der Waals surface area contributed by atoms with Crippen LogP contribution in [0.15, 0.2) is 24.7 Å². The van der Waals surface area contributed by atoms with Gasteiger partial charge in [0.2, 0.25) is 0 Å². The van der Waals surface area contributed by atoms with Gasteiger partial charge in [0.25, 0.3) is 0 Å². The molecule has 0 bridgehead atoms. The largest absolute Gasteiger partial charge is 0.418 e. The van der Waals surface area contributed by atoms with Gasteiger partial charge in [-0.05, 0) is 30.9 Å². The van der Waals surface area contributed by atoms with E-state index in [4.69, 9.17) is 0 Å². The maximum Gasteiger partial charge on any atom is 0.418 e. The van der Waals surface area contributed by atoms with Gasteiger partial charge >= 0.3 is 6.18 Å². The maximum absolute atomic E-state index is 13.3. The molecular weight excluding hydrogens is 281 g/mol. The van der Waals surface area contributed by atoms with Gasteiger partial charge in [0, 0.05) is 0 Å². The molecule has 21 heavy (non-hydrogen) atoms. The monoisotopic (exact) mass is 298 g/mol. The summed E-state index contributed by atoms with van der Waals surface area (Å²) in [6.07, 6.45) is 1.79. The third-order valence-corrected chi connectivity index (χ3v) is 4.31. The molecule has 2 aromatic heterocycles. The Morgan fingerprint density at radius 3 is 2.57 bits per heavy atom. The molecule has 0 spiro atoms. The highest BCUT2D eigenvalue weighted by Crippen LogP contribution is 2.40. The molecule has 1 N–H and O–H groups in total. The van der Waals surface area contributed by atoms with Gasteiger partial charge in [-0.25, -0.2) is 4.98 Å². The number of hydrogen-bond donors (Lipinski definition) is 1. The molecule has 0 radical (unpaired) electrons. The highest BCUT2D eigenvalue weighted by Gasteiger charge is 2.38. The number of aromatic nitrogens is 2. The van der Waals surface area contributed by atoms with Crippen molar-refractivity contribution in [3.05, 3.63) is 35.9 Å². The lowest BCUT2D eigenvalue weighted by atomic mass is 9.83. The number of hydrogen-bond acceptors (Lipinski definition) is 2. The molecule has 6 heteroatoms. The van der Waals surface area contributed by atoms with E-state index in [9.17, 15) is 18.3 Å². The third kappa shape index (κ3) is 2.64. The van der Waals surface area contributed by atoms with Gasteiger partial charge in [-0.15, -0.1) is 0 Å². The van der Waals surface area contributed by atoms with Crippen LogP contribution >= 0.6 is 0 Å². The van der Waals surface area contributed by atoms with Gasteiger partial charge in [0.1, 0.15) is 0 Å². The van der Waals surface area contributed by atoms with Gasteiger partial charge in [0.15, 0.2) is 0 Å². The second-order valence-electron chi connectivity index (χ2n) is 5.66. The Morgan fingerprint density at radius 1 is 1.19 bits per heavy atom. The van der Waals surface area contributed by atoms with E-state index >= 15 is 0 Å². The summed E-state index contributed by atoms with van der Waals surface area (Å²) in [7, 11) is 0. The van der Waals surface area contributed by atoms with Crippen LogP contribution < -0.4 is 0 Å². The Labute approximate surface area is 120 Å². The maximum atomic E-state index is 13.3. The van der Waals surface area contributed by atoms with Gasteiger partial charge < -0.3 is 5.11 Å². The zero-order chi connectivity index (χ0) is 15.0. The number of pyridine rings is 1. The van der Waals surface area contributed by atoms with Crippen LogP contribution in [0.3, 0.4) is 0 Å². The highest BCUT2D eigenvalue weighted by atomic mass is 19.4. The average Bonchev–Trinajstić information content (AvgIpc) is 2.94. The van der Waals surface area contributed by atoms with Gasteiger partial charge in [0.05, 0.1) is 35.4 Å². The van der Waals surface area contributed by atoms with Gasteiger partial charge in [-0.1, -0.05) is 19.3 Å². The molecule has 3 nitrogen and oxygen atoms in total. The van der Waals surface area contributed by atoms with Crippen LogP contribution in [0.25, 0.3) is 5.52 Å². The van der Waals surface area contributed by atoms with Crippen molar-refractivity contribution in [3.63, 3.8) is 0 Å². The standard InChI is InChI=1S/C15H17F3N2O/c16-15(17,18)12-7-6-11-8-19-9-20(11)13(12)14(21)10-4-2-1-3-5-10/h6-10,14,21H,1-5H2/t14-/m1/s1. The fourth-order valence-corrected chi connectivity index (χ4v) is 3.23. The summed E-state index contributed by atoms with van der Waals surface area (Å²) >= 11 is 0. The van der Waals surface area contributed by atoms with E-state index < -0.39 is 17.8 Å². The first-order chi connectivity index (χ1) is 9.98. The van der Waals surface area contributed by atoms with Crippen LogP contribution in [0.1, 0.15) is 49.5 Å². The molecular formula is C15H17F3N2O. The number of rotatable bonds is 2. The van der Waals surface area contributed by atoms with E-state index in [1.807, 2.05) is 0 Å². The molecule has 1 aliphatic rings. The fourth-order valence-electron chi connectivity index (χ4n) is 3.23. The summed E-state index contributed by atoms with van der Waals surface area (Å²) in [4.78, 5) is 3.90. The van der Waals surface area contributed by atoms with Gasteiger partial charge in [-0.2, -0.15) is 13.2 Å². The van der Waals surface area contributed by atoms with Crippen LogP contribution in [-0.2, 0) is 6.18 Å². The molecule has 1 aliphatic carbocycles. The van der Waals surface area contributed by atoms with E-state index in [1.54, 1.807) is 0 Å². The normalized spacial score (nSPS) is 19.0. The van der Waals surface area contributed by atoms with Crippen molar-refractivity contribution in [1.82, 2.24) is 9.38 Å². The minimum atomic E-state index is -4.48. The van der Waals surface area contributed by atoms with E-state index in [0.29, 0.717) is 5.52 Å². The minimum absolute atomic E-state index is 0.0793. The number of nitrogens with zero attached hydrogens (tertiary/aromatic N) is 2. The summed E-state index contributed by atoms with van der Waals surface area (Å²) in [5.41, 5.74) is -0.289. The van der Waals surface area contributed by atoms with E-state index in [-0.39, 0.29) is 11.6 Å². The zero-order valence-corrected chi connectivity index (χ0v) is 11.5. The summed E-state index contributed by atoms with van der Waals surface area (Å²) in [6.45, 7) is 0. The highest BCUT2D eigenvalue weighted by molar-refractivity contribution is 5.49. The Balaban J connectivity index is 2.11. The summed E-state index contributed by atoms with van der Waals surface area (Å²) in [6, 6.07) is 2.42. The Morgan fingerprint density at radius 2 is 1.90 bits per heavy atom. The molecule has 0 unspecified atom stereocenters. The third-order valence-electron chi connectivity index (χ3n) is 4.31. The first kappa shape index (κ1) is 14.4. The second-order valence-corrected chi connectivity index (χ2v) is 5.66. The quantitative estimate of drug-likeness (QED) is 0.911. The van der Waals surface area contributed by atoms with E-state index in [1.165, 1.54) is 23.0 Å². The van der Waals surface area contributed by atoms with Crippen molar-refractivity contribution in [2.45, 2.75) is 44.4 Å². The van der Waals surface area contributed by atoms with Gasteiger partial charge in [-0.3, -0.25) is 4.40 Å². The van der Waals surface area contributed by atoms with Crippen LogP contribution in [0.5, 0.6) is 0 Å². The molecule has 0 saturated heterocycles. The number of halogens is 3. The van der Waals surface area contributed by atoms with Crippen molar-refractivity contribution < 1.29 is 18.3 Å². The van der Waals surface area contributed by atoms with E-state index in [0.717, 1.165) is 38.2 Å². The van der Waals surface area contributed by atoms with Crippen LogP contribution in [-0.4, -0.2) is 14.5 Å². The van der Waals surface area contributed by atoms with Crippen molar-refractivity contribution in [3.8, 4) is 0 Å². The summed E-state index contributed by atoms with van der Waals surface area (Å²) < 4.78 is 41.2. The molecule has 1 atom stereocenters. The Hall–Kier alpha value is -1.56. The van der Waals surface area contributed by atoms with E-state index in [2.05, 4.69) is 4.98 Å². The smallest absolute Gasteiger partial charge is 0.387 e. The molecule has 0 aromatic carbocycles. The fraction of sp³-hybridized carbons (Fsp3) is 0.533. The number of alkyl halides is 3. The molecule has 114 valence electrons. The number of fused-ring (bicyclic) bond motifs is 1. The molecule has 0 amide bonds. The number of aliphatic hydroxyl groups is 1.